The summed E-state index contributed by atoms with van der Waals surface area (Å²) >= 11 is 6.14. The zero-order valence-electron chi connectivity index (χ0n) is 11.7. The fourth-order valence-electron chi connectivity index (χ4n) is 2.69. The lowest BCUT2D eigenvalue weighted by Gasteiger charge is -2.29. The number of alkyl halides is 1. The highest BCUT2D eigenvalue weighted by atomic mass is 35.5. The Kier molecular flexibility index (Phi) is 4.69. The predicted octanol–water partition coefficient (Wildman–Crippen LogP) is 3.21. The molecule has 3 nitrogen and oxygen atoms in total. The fraction of sp³-hybridized carbons (Fsp3) is 0.625. The molecular weight excluding hydrogens is 274 g/mol. The lowest BCUT2D eigenvalue weighted by Crippen LogP contribution is -2.50. The molecule has 1 aromatic rings. The maximum Gasteiger partial charge on any atom is 0.161 e. The van der Waals surface area contributed by atoms with Gasteiger partial charge in [-0.3, -0.25) is 0 Å². The second kappa shape index (κ2) is 6.68. The average molecular weight is 296 g/mol. The van der Waals surface area contributed by atoms with Crippen LogP contribution in [0.4, 0.5) is 0 Å². The SMILES string of the molecule is ClC1CCC(COc2ccccc2OC2CNC2)CC1. The molecule has 20 heavy (non-hydrogen) atoms. The zero-order chi connectivity index (χ0) is 13.8. The van der Waals surface area contributed by atoms with Crippen LogP contribution in [0.15, 0.2) is 24.3 Å². The van der Waals surface area contributed by atoms with E-state index < -0.39 is 0 Å². The van der Waals surface area contributed by atoms with Crippen molar-refractivity contribution < 1.29 is 9.47 Å². The van der Waals surface area contributed by atoms with Crippen molar-refractivity contribution in [3.05, 3.63) is 24.3 Å². The Balaban J connectivity index is 1.53. The lowest BCUT2D eigenvalue weighted by molar-refractivity contribution is 0.131. The van der Waals surface area contributed by atoms with Gasteiger partial charge in [-0.1, -0.05) is 12.1 Å². The van der Waals surface area contributed by atoms with Gasteiger partial charge in [0.2, 0.25) is 0 Å². The van der Waals surface area contributed by atoms with Crippen LogP contribution in [0.25, 0.3) is 0 Å². The summed E-state index contributed by atoms with van der Waals surface area (Å²) < 4.78 is 11.9. The van der Waals surface area contributed by atoms with E-state index in [9.17, 15) is 0 Å². The van der Waals surface area contributed by atoms with E-state index in [0.29, 0.717) is 11.3 Å². The summed E-state index contributed by atoms with van der Waals surface area (Å²) in [5.74, 6) is 2.36. The molecule has 0 aromatic heterocycles. The van der Waals surface area contributed by atoms with E-state index in [1.54, 1.807) is 0 Å². The molecule has 0 amide bonds. The van der Waals surface area contributed by atoms with Crippen molar-refractivity contribution in [2.75, 3.05) is 19.7 Å². The number of rotatable bonds is 5. The lowest BCUT2D eigenvalue weighted by atomic mass is 9.90. The van der Waals surface area contributed by atoms with Crippen molar-refractivity contribution in [2.24, 2.45) is 5.92 Å². The predicted molar refractivity (Wildman–Crippen MR) is 80.8 cm³/mol. The zero-order valence-corrected chi connectivity index (χ0v) is 12.4. The summed E-state index contributed by atoms with van der Waals surface area (Å²) in [5.41, 5.74) is 0. The second-order valence-corrected chi connectivity index (χ2v) is 6.39. The van der Waals surface area contributed by atoms with Gasteiger partial charge in [0.1, 0.15) is 6.10 Å². The van der Waals surface area contributed by atoms with Crippen LogP contribution in [0, 0.1) is 5.92 Å². The van der Waals surface area contributed by atoms with Gasteiger partial charge < -0.3 is 14.8 Å². The van der Waals surface area contributed by atoms with Gasteiger partial charge in [0.05, 0.1) is 6.61 Å². The van der Waals surface area contributed by atoms with E-state index in [1.807, 2.05) is 24.3 Å². The van der Waals surface area contributed by atoms with Gasteiger partial charge in [-0.2, -0.15) is 0 Å². The minimum atomic E-state index is 0.284. The van der Waals surface area contributed by atoms with Crippen LogP contribution >= 0.6 is 11.6 Å². The van der Waals surface area contributed by atoms with Crippen LogP contribution in [0.3, 0.4) is 0 Å². The molecule has 0 atom stereocenters. The van der Waals surface area contributed by atoms with Crippen LogP contribution in [-0.2, 0) is 0 Å². The van der Waals surface area contributed by atoms with Gasteiger partial charge in [-0.25, -0.2) is 0 Å². The number of halogens is 1. The number of hydrogen-bond donors (Lipinski definition) is 1. The van der Waals surface area contributed by atoms with E-state index in [4.69, 9.17) is 21.1 Å². The van der Waals surface area contributed by atoms with Crippen molar-refractivity contribution in [3.63, 3.8) is 0 Å². The molecule has 2 fully saturated rings. The highest BCUT2D eigenvalue weighted by molar-refractivity contribution is 6.20. The Hall–Kier alpha value is -0.930. The molecule has 0 spiro atoms. The molecule has 1 saturated carbocycles. The van der Waals surface area contributed by atoms with E-state index in [0.717, 1.165) is 44.0 Å². The first-order valence-corrected chi connectivity index (χ1v) is 7.98. The molecule has 1 N–H and O–H groups in total. The summed E-state index contributed by atoms with van der Waals surface area (Å²) in [7, 11) is 0. The van der Waals surface area contributed by atoms with Crippen LogP contribution < -0.4 is 14.8 Å². The van der Waals surface area contributed by atoms with Gasteiger partial charge in [0.25, 0.3) is 0 Å². The summed E-state index contributed by atoms with van der Waals surface area (Å²) in [6, 6.07) is 7.97. The number of ether oxygens (including phenoxy) is 2. The van der Waals surface area contributed by atoms with Crippen molar-refractivity contribution >= 4 is 11.6 Å². The fourth-order valence-corrected chi connectivity index (χ4v) is 2.94. The molecule has 2 aliphatic rings. The first kappa shape index (κ1) is 14.0. The number of para-hydroxylation sites is 2. The summed E-state index contributed by atoms with van der Waals surface area (Å²) in [4.78, 5) is 0. The standard InChI is InChI=1S/C16H22ClNO2/c17-13-7-5-12(6-8-13)11-19-15-3-1-2-4-16(15)20-14-9-18-10-14/h1-4,12-14,18H,5-11H2. The molecule has 1 saturated heterocycles. The molecule has 3 rings (SSSR count). The smallest absolute Gasteiger partial charge is 0.161 e. The van der Waals surface area contributed by atoms with Crippen LogP contribution in [0.5, 0.6) is 11.5 Å². The van der Waals surface area contributed by atoms with Crippen molar-refractivity contribution in [1.82, 2.24) is 5.32 Å². The van der Waals surface area contributed by atoms with Crippen LogP contribution in [0.2, 0.25) is 0 Å². The van der Waals surface area contributed by atoms with Crippen molar-refractivity contribution in [1.29, 1.82) is 0 Å². The molecule has 4 heteroatoms. The quantitative estimate of drug-likeness (QED) is 0.846. The molecule has 1 aliphatic carbocycles. The third-order valence-electron chi connectivity index (χ3n) is 4.14. The molecule has 0 bridgehead atoms. The third-order valence-corrected chi connectivity index (χ3v) is 4.57. The average Bonchev–Trinajstić information content (AvgIpc) is 2.43. The van der Waals surface area contributed by atoms with Crippen LogP contribution in [0.1, 0.15) is 25.7 Å². The first-order chi connectivity index (χ1) is 9.81. The topological polar surface area (TPSA) is 30.5 Å². The summed E-state index contributed by atoms with van der Waals surface area (Å²) in [6.07, 6.45) is 4.85. The van der Waals surface area contributed by atoms with E-state index in [-0.39, 0.29) is 6.10 Å². The summed E-state index contributed by atoms with van der Waals surface area (Å²) in [6.45, 7) is 2.62. The Morgan fingerprint density at radius 1 is 1.05 bits per heavy atom. The van der Waals surface area contributed by atoms with Crippen molar-refractivity contribution in [3.8, 4) is 11.5 Å². The van der Waals surface area contributed by atoms with Crippen molar-refractivity contribution in [2.45, 2.75) is 37.2 Å². The van der Waals surface area contributed by atoms with E-state index in [1.165, 1.54) is 12.8 Å². The molecular formula is C16H22ClNO2. The van der Waals surface area contributed by atoms with E-state index >= 15 is 0 Å². The number of benzene rings is 1. The third kappa shape index (κ3) is 3.58. The number of nitrogens with one attached hydrogen (secondary N) is 1. The van der Waals surface area contributed by atoms with Gasteiger partial charge in [0, 0.05) is 18.5 Å². The minimum absolute atomic E-state index is 0.284. The van der Waals surface area contributed by atoms with Gasteiger partial charge in [-0.15, -0.1) is 11.6 Å². The maximum atomic E-state index is 6.14. The monoisotopic (exact) mass is 295 g/mol. The van der Waals surface area contributed by atoms with Gasteiger partial charge in [0.15, 0.2) is 11.5 Å². The van der Waals surface area contributed by atoms with Gasteiger partial charge in [-0.05, 0) is 43.7 Å². The molecule has 0 unspecified atom stereocenters. The molecule has 0 radical (unpaired) electrons. The number of hydrogen-bond acceptors (Lipinski definition) is 3. The van der Waals surface area contributed by atoms with Crippen LogP contribution in [-0.4, -0.2) is 31.2 Å². The highest BCUT2D eigenvalue weighted by Crippen LogP contribution is 2.31. The second-order valence-electron chi connectivity index (χ2n) is 5.77. The normalized spacial score (nSPS) is 26.9. The minimum Gasteiger partial charge on any atom is -0.489 e. The van der Waals surface area contributed by atoms with Gasteiger partial charge >= 0.3 is 0 Å². The molecule has 1 aromatic carbocycles. The highest BCUT2D eigenvalue weighted by Gasteiger charge is 2.22. The Labute approximate surface area is 125 Å². The maximum absolute atomic E-state index is 6.14. The molecule has 110 valence electrons. The Morgan fingerprint density at radius 2 is 1.75 bits per heavy atom. The Bertz CT molecular complexity index is 428. The largest absolute Gasteiger partial charge is 0.489 e. The Morgan fingerprint density at radius 3 is 2.40 bits per heavy atom. The molecule has 1 aliphatic heterocycles. The summed E-state index contributed by atoms with van der Waals surface area (Å²) in [5, 5.41) is 3.58. The van der Waals surface area contributed by atoms with E-state index in [2.05, 4.69) is 5.32 Å². The molecule has 1 heterocycles. The first-order valence-electron chi connectivity index (χ1n) is 7.54.